The molecule has 0 aliphatic carbocycles. The first kappa shape index (κ1) is 26.6. The lowest BCUT2D eigenvalue weighted by atomic mass is 10.1. The van der Waals surface area contributed by atoms with E-state index in [1.807, 2.05) is 47.9 Å². The average molecular weight is 524 g/mol. The summed E-state index contributed by atoms with van der Waals surface area (Å²) < 4.78 is 38.6. The van der Waals surface area contributed by atoms with Crippen molar-refractivity contribution < 1.29 is 32.7 Å². The number of alkyl halides is 2. The Balaban J connectivity index is 1.61. The zero-order chi connectivity index (χ0) is 26.9. The van der Waals surface area contributed by atoms with E-state index < -0.39 is 12.6 Å². The van der Waals surface area contributed by atoms with Gasteiger partial charge in [-0.05, 0) is 48.9 Å². The molecule has 0 aliphatic rings. The summed E-state index contributed by atoms with van der Waals surface area (Å²) in [6, 6.07) is 22.7. The Hall–Kier alpha value is -4.44. The number of aromatic nitrogens is 1. The summed E-state index contributed by atoms with van der Waals surface area (Å²) in [5.41, 5.74) is 6.79. The standard InChI is InChI=1S/C28H27F2N3O5/c1-2-8-26(34)31-32-38-27(35)19-13-14-24-21(15-19)16-22(18-36-23-10-4-3-5-11-23)33(24)17-20-9-6-7-12-25(20)37-28(29)30/h3-7,9-16,28,32H,2,8,17-18H2,1H3,(H,31,34). The molecule has 8 nitrogen and oxygen atoms in total. The van der Waals surface area contributed by atoms with Crippen LogP contribution in [-0.4, -0.2) is 23.1 Å². The largest absolute Gasteiger partial charge is 0.487 e. The minimum Gasteiger partial charge on any atom is -0.487 e. The van der Waals surface area contributed by atoms with Crippen molar-refractivity contribution >= 4 is 22.8 Å². The van der Waals surface area contributed by atoms with Crippen molar-refractivity contribution in [2.45, 2.75) is 39.5 Å². The Kier molecular flexibility index (Phi) is 8.89. The lowest BCUT2D eigenvalue weighted by molar-refractivity contribution is -0.125. The van der Waals surface area contributed by atoms with E-state index in [9.17, 15) is 18.4 Å². The van der Waals surface area contributed by atoms with Crippen LogP contribution in [0, 0.1) is 0 Å². The predicted molar refractivity (Wildman–Crippen MR) is 136 cm³/mol. The second-order valence-electron chi connectivity index (χ2n) is 8.37. The SMILES string of the molecule is CCCC(=O)NNOC(=O)c1ccc2c(c1)cc(COc1ccccc1)n2Cc1ccccc1OC(F)F. The molecule has 0 radical (unpaired) electrons. The molecule has 3 aromatic carbocycles. The molecule has 0 unspecified atom stereocenters. The van der Waals surface area contributed by atoms with Gasteiger partial charge in [0.25, 0.3) is 0 Å². The first-order valence-electron chi connectivity index (χ1n) is 12.0. The quantitative estimate of drug-likeness (QED) is 0.243. The van der Waals surface area contributed by atoms with E-state index in [0.717, 1.165) is 11.2 Å². The maximum atomic E-state index is 13.0. The second kappa shape index (κ2) is 12.7. The van der Waals surface area contributed by atoms with Gasteiger partial charge in [0.2, 0.25) is 5.91 Å². The molecule has 38 heavy (non-hydrogen) atoms. The summed E-state index contributed by atoms with van der Waals surface area (Å²) >= 11 is 0. The van der Waals surface area contributed by atoms with Crippen LogP contribution in [0.2, 0.25) is 0 Å². The van der Waals surface area contributed by atoms with Crippen LogP contribution in [0.15, 0.2) is 78.9 Å². The van der Waals surface area contributed by atoms with Gasteiger partial charge in [-0.3, -0.25) is 10.2 Å². The summed E-state index contributed by atoms with van der Waals surface area (Å²) in [5.74, 6) is -0.233. The van der Waals surface area contributed by atoms with Gasteiger partial charge in [-0.15, -0.1) is 0 Å². The van der Waals surface area contributed by atoms with E-state index in [0.29, 0.717) is 29.5 Å². The van der Waals surface area contributed by atoms with Crippen molar-refractivity contribution in [2.75, 3.05) is 0 Å². The highest BCUT2D eigenvalue weighted by molar-refractivity contribution is 5.95. The Morgan fingerprint density at radius 3 is 2.50 bits per heavy atom. The van der Waals surface area contributed by atoms with Gasteiger partial charge in [0.05, 0.1) is 17.8 Å². The number of hydrogen-bond acceptors (Lipinski definition) is 6. The molecule has 0 saturated heterocycles. The number of nitrogens with zero attached hydrogens (tertiary/aromatic N) is 1. The maximum Gasteiger partial charge on any atom is 0.387 e. The monoisotopic (exact) mass is 523 g/mol. The van der Waals surface area contributed by atoms with Crippen molar-refractivity contribution in [1.82, 2.24) is 15.6 Å². The van der Waals surface area contributed by atoms with Crippen molar-refractivity contribution in [2.24, 2.45) is 0 Å². The molecular weight excluding hydrogens is 496 g/mol. The van der Waals surface area contributed by atoms with Gasteiger partial charge in [0.15, 0.2) is 0 Å². The molecular formula is C28H27F2N3O5. The number of benzene rings is 3. The first-order valence-corrected chi connectivity index (χ1v) is 12.0. The number of halogens is 2. The van der Waals surface area contributed by atoms with Gasteiger partial charge in [0, 0.05) is 22.9 Å². The highest BCUT2D eigenvalue weighted by Crippen LogP contribution is 2.28. The number of fused-ring (bicyclic) bond motifs is 1. The van der Waals surface area contributed by atoms with Crippen LogP contribution in [-0.2, 0) is 22.8 Å². The van der Waals surface area contributed by atoms with Crippen LogP contribution in [0.5, 0.6) is 11.5 Å². The molecule has 4 aromatic rings. The number of nitrogens with one attached hydrogen (secondary N) is 2. The zero-order valence-corrected chi connectivity index (χ0v) is 20.7. The van der Waals surface area contributed by atoms with E-state index in [2.05, 4.69) is 11.0 Å². The third-order valence-electron chi connectivity index (χ3n) is 5.68. The molecule has 198 valence electrons. The Morgan fingerprint density at radius 2 is 1.74 bits per heavy atom. The van der Waals surface area contributed by atoms with Crippen molar-refractivity contribution in [1.29, 1.82) is 0 Å². The lowest BCUT2D eigenvalue weighted by Crippen LogP contribution is -2.38. The molecule has 1 aromatic heterocycles. The number of carbonyl (C=O) groups is 2. The summed E-state index contributed by atoms with van der Waals surface area (Å²) in [4.78, 5) is 29.0. The molecule has 0 spiro atoms. The molecule has 0 fully saturated rings. The average Bonchev–Trinajstić information content (AvgIpc) is 3.25. The van der Waals surface area contributed by atoms with Gasteiger partial charge in [-0.25, -0.2) is 4.79 Å². The first-order chi connectivity index (χ1) is 18.4. The topological polar surface area (TPSA) is 90.8 Å². The lowest BCUT2D eigenvalue weighted by Gasteiger charge is -2.15. The smallest absolute Gasteiger partial charge is 0.387 e. The number of hydrogen-bond donors (Lipinski definition) is 2. The van der Waals surface area contributed by atoms with Gasteiger partial charge in [-0.2, -0.15) is 8.78 Å². The molecule has 0 atom stereocenters. The summed E-state index contributed by atoms with van der Waals surface area (Å²) in [5, 5.41) is 0.716. The van der Waals surface area contributed by atoms with Crippen molar-refractivity contribution in [3.63, 3.8) is 0 Å². The third-order valence-corrected chi connectivity index (χ3v) is 5.68. The number of hydrazine groups is 1. The van der Waals surface area contributed by atoms with E-state index in [1.54, 1.807) is 36.4 Å². The third kappa shape index (κ3) is 6.86. The maximum absolute atomic E-state index is 13.0. The number of amides is 1. The molecule has 10 heteroatoms. The molecule has 0 saturated carbocycles. The van der Waals surface area contributed by atoms with E-state index >= 15 is 0 Å². The second-order valence-corrected chi connectivity index (χ2v) is 8.37. The zero-order valence-electron chi connectivity index (χ0n) is 20.7. The fourth-order valence-corrected chi connectivity index (χ4v) is 3.93. The molecule has 1 heterocycles. The Morgan fingerprint density at radius 1 is 0.974 bits per heavy atom. The van der Waals surface area contributed by atoms with E-state index in [4.69, 9.17) is 14.3 Å². The molecule has 0 bridgehead atoms. The van der Waals surface area contributed by atoms with Gasteiger partial charge in [-0.1, -0.05) is 48.9 Å². The minimum absolute atomic E-state index is 0.0793. The number of para-hydroxylation sites is 2. The summed E-state index contributed by atoms with van der Waals surface area (Å²) in [6.45, 7) is -0.667. The van der Waals surface area contributed by atoms with Gasteiger partial charge in [0.1, 0.15) is 18.1 Å². The van der Waals surface area contributed by atoms with Gasteiger partial charge >= 0.3 is 12.6 Å². The van der Waals surface area contributed by atoms with Crippen LogP contribution in [0.4, 0.5) is 8.78 Å². The van der Waals surface area contributed by atoms with Crippen LogP contribution in [0.25, 0.3) is 10.9 Å². The fourth-order valence-electron chi connectivity index (χ4n) is 3.93. The molecule has 0 aliphatic heterocycles. The number of rotatable bonds is 12. The van der Waals surface area contributed by atoms with Crippen LogP contribution >= 0.6 is 0 Å². The van der Waals surface area contributed by atoms with E-state index in [-0.39, 0.29) is 30.4 Å². The van der Waals surface area contributed by atoms with Crippen molar-refractivity contribution in [3.8, 4) is 11.5 Å². The molecule has 2 N–H and O–H groups in total. The summed E-state index contributed by atoms with van der Waals surface area (Å²) in [6.07, 6.45) is 0.952. The molecule has 1 amide bonds. The number of carbonyl (C=O) groups excluding carboxylic acids is 2. The fraction of sp³-hybridized carbons (Fsp3) is 0.214. The number of ether oxygens (including phenoxy) is 2. The van der Waals surface area contributed by atoms with E-state index in [1.165, 1.54) is 6.07 Å². The highest BCUT2D eigenvalue weighted by atomic mass is 19.3. The normalized spacial score (nSPS) is 10.9. The Labute approximate surface area is 218 Å². The Bertz CT molecular complexity index is 1390. The van der Waals surface area contributed by atoms with Gasteiger partial charge < -0.3 is 18.9 Å². The van der Waals surface area contributed by atoms with Crippen molar-refractivity contribution in [3.05, 3.63) is 95.7 Å². The van der Waals surface area contributed by atoms with Crippen LogP contribution < -0.4 is 20.5 Å². The highest BCUT2D eigenvalue weighted by Gasteiger charge is 2.17. The van der Waals surface area contributed by atoms with Crippen LogP contribution in [0.1, 0.15) is 41.4 Å². The molecule has 4 rings (SSSR count). The minimum atomic E-state index is -2.95. The van der Waals surface area contributed by atoms with Crippen LogP contribution in [0.3, 0.4) is 0 Å². The summed E-state index contributed by atoms with van der Waals surface area (Å²) in [7, 11) is 0. The predicted octanol–water partition coefficient (Wildman–Crippen LogP) is 5.36.